The number of ketones is 1. The number of rotatable bonds is 26. The molecule has 0 radical (unpaired) electrons. The van der Waals surface area contributed by atoms with Gasteiger partial charge in [0.2, 0.25) is 41.2 Å². The maximum atomic E-state index is 14.5. The van der Waals surface area contributed by atoms with Crippen LogP contribution in [0.2, 0.25) is 0 Å². The predicted octanol–water partition coefficient (Wildman–Crippen LogP) is 0.860. The van der Waals surface area contributed by atoms with Gasteiger partial charge in [-0.2, -0.15) is 0 Å². The zero-order chi connectivity index (χ0) is 46.8. The highest BCUT2D eigenvalue weighted by Crippen LogP contribution is 2.23. The Morgan fingerprint density at radius 1 is 0.689 bits per heavy atom. The summed E-state index contributed by atoms with van der Waals surface area (Å²) >= 11 is 0. The first-order valence-electron chi connectivity index (χ1n) is 20.4. The topological polar surface area (TPSA) is 309 Å². The number of carbonyl (C=O) groups is 10. The van der Waals surface area contributed by atoms with Crippen molar-refractivity contribution in [2.75, 3.05) is 0 Å². The summed E-state index contributed by atoms with van der Waals surface area (Å²) in [5, 5.41) is 33.8. The van der Waals surface area contributed by atoms with Crippen molar-refractivity contribution in [3.05, 3.63) is 35.9 Å². The Balaban J connectivity index is 3.55. The van der Waals surface area contributed by atoms with E-state index in [0.29, 0.717) is 18.4 Å². The van der Waals surface area contributed by atoms with Crippen molar-refractivity contribution < 1.29 is 58.2 Å². The number of carboxylic acid groups (broad SMARTS) is 2. The molecule has 0 aliphatic heterocycles. The Labute approximate surface area is 356 Å². The van der Waals surface area contributed by atoms with Crippen LogP contribution in [0.15, 0.2) is 30.3 Å². The van der Waals surface area contributed by atoms with Crippen molar-refractivity contribution in [1.29, 1.82) is 0 Å². The summed E-state index contributed by atoms with van der Waals surface area (Å²) in [6.07, 6.45) is -0.662. The number of primary amides is 1. The van der Waals surface area contributed by atoms with E-state index in [9.17, 15) is 53.1 Å². The number of Topliss-reactive ketones (excluding diaryl/α,β-unsaturated/α-hetero) is 1. The number of nitrogens with one attached hydrogen (secondary N) is 6. The number of carboxylic acids is 2. The molecule has 0 saturated carbocycles. The van der Waals surface area contributed by atoms with E-state index in [1.54, 1.807) is 65.0 Å². The van der Waals surface area contributed by atoms with Gasteiger partial charge in [-0.1, -0.05) is 98.6 Å². The Morgan fingerprint density at radius 2 is 1.26 bits per heavy atom. The van der Waals surface area contributed by atoms with Crippen LogP contribution in [0, 0.1) is 17.3 Å². The summed E-state index contributed by atoms with van der Waals surface area (Å²) in [6, 6.07) is 1.82. The zero-order valence-corrected chi connectivity index (χ0v) is 36.6. The van der Waals surface area contributed by atoms with Crippen molar-refractivity contribution in [2.24, 2.45) is 23.0 Å². The number of amides is 7. The Bertz CT molecular complexity index is 1740. The molecule has 0 aliphatic carbocycles. The molecule has 0 heterocycles. The molecule has 7 amide bonds. The molecule has 0 aliphatic rings. The second-order valence-electron chi connectivity index (χ2n) is 17.2. The van der Waals surface area contributed by atoms with Crippen LogP contribution in [0.25, 0.3) is 0 Å². The van der Waals surface area contributed by atoms with Crippen LogP contribution in [-0.2, 0) is 54.4 Å². The summed E-state index contributed by atoms with van der Waals surface area (Å²) in [4.78, 5) is 129. The van der Waals surface area contributed by atoms with Gasteiger partial charge in [-0.05, 0) is 42.6 Å². The van der Waals surface area contributed by atoms with E-state index in [-0.39, 0.29) is 25.2 Å². The largest absolute Gasteiger partial charge is 0.481 e. The third-order valence-electron chi connectivity index (χ3n) is 9.61. The molecule has 10 N–H and O–H groups in total. The quantitative estimate of drug-likeness (QED) is 0.0586. The van der Waals surface area contributed by atoms with E-state index in [1.165, 1.54) is 6.92 Å². The van der Waals surface area contributed by atoms with Gasteiger partial charge in [0, 0.05) is 12.8 Å². The van der Waals surface area contributed by atoms with E-state index >= 15 is 0 Å². The monoisotopic (exact) mass is 859 g/mol. The Morgan fingerprint density at radius 3 is 1.75 bits per heavy atom. The molecule has 1 rings (SSSR count). The van der Waals surface area contributed by atoms with Gasteiger partial charge >= 0.3 is 11.9 Å². The van der Waals surface area contributed by atoms with Crippen molar-refractivity contribution in [3.8, 4) is 0 Å². The average Bonchev–Trinajstić information content (AvgIpc) is 3.14. The van der Waals surface area contributed by atoms with E-state index in [1.807, 2.05) is 20.8 Å². The van der Waals surface area contributed by atoms with E-state index in [0.717, 1.165) is 0 Å². The van der Waals surface area contributed by atoms with Gasteiger partial charge in [-0.3, -0.25) is 47.9 Å². The molecule has 0 aromatic heterocycles. The minimum atomic E-state index is -1.82. The molecule has 0 saturated heterocycles. The lowest BCUT2D eigenvalue weighted by molar-refractivity contribution is -0.142. The predicted molar refractivity (Wildman–Crippen MR) is 223 cm³/mol. The van der Waals surface area contributed by atoms with Gasteiger partial charge in [0.25, 0.3) is 5.91 Å². The van der Waals surface area contributed by atoms with Crippen molar-refractivity contribution in [1.82, 2.24) is 31.9 Å². The van der Waals surface area contributed by atoms with Crippen LogP contribution in [0.5, 0.6) is 0 Å². The van der Waals surface area contributed by atoms with Crippen LogP contribution < -0.4 is 37.6 Å². The number of hydrogen-bond acceptors (Lipinski definition) is 10. The van der Waals surface area contributed by atoms with Crippen molar-refractivity contribution in [2.45, 2.75) is 149 Å². The van der Waals surface area contributed by atoms with Crippen molar-refractivity contribution in [3.63, 3.8) is 0 Å². The summed E-state index contributed by atoms with van der Waals surface area (Å²) < 4.78 is 0. The fourth-order valence-electron chi connectivity index (χ4n) is 6.24. The SMILES string of the molecule is CCCC[C@H](NC(=O)[C@H](CC(C)C)NC(=O)[C@@H](NC(=O)[C@](C)(Cc1ccccc1)NC(=O)[C@H](NC(=O)[C@H](CC(=O)O)NC(=O)CCC(=O)O)C(C)C)C(C)(C)C)C(=O)C(N)=O. The smallest absolute Gasteiger partial charge is 0.305 e. The lowest BCUT2D eigenvalue weighted by Gasteiger charge is -2.37. The maximum absolute atomic E-state index is 14.5. The molecule has 19 heteroatoms. The first kappa shape index (κ1) is 53.1. The number of hydrogen-bond donors (Lipinski definition) is 9. The molecule has 1 aromatic carbocycles. The van der Waals surface area contributed by atoms with Crippen LogP contribution in [0.3, 0.4) is 0 Å². The minimum absolute atomic E-state index is 0.116. The van der Waals surface area contributed by atoms with Crippen LogP contribution in [0.4, 0.5) is 0 Å². The number of aliphatic carboxylic acids is 2. The summed E-state index contributed by atoms with van der Waals surface area (Å²) in [7, 11) is 0. The van der Waals surface area contributed by atoms with Crippen molar-refractivity contribution >= 4 is 59.1 Å². The molecule has 0 unspecified atom stereocenters. The minimum Gasteiger partial charge on any atom is -0.481 e. The van der Waals surface area contributed by atoms with E-state index in [2.05, 4.69) is 31.9 Å². The molecule has 0 spiro atoms. The first-order valence-corrected chi connectivity index (χ1v) is 20.4. The highest BCUT2D eigenvalue weighted by molar-refractivity contribution is 6.37. The Kier molecular flexibility index (Phi) is 21.3. The highest BCUT2D eigenvalue weighted by Gasteiger charge is 2.43. The molecule has 1 aromatic rings. The summed E-state index contributed by atoms with van der Waals surface area (Å²) in [6.45, 7) is 15.1. The number of benzene rings is 1. The van der Waals surface area contributed by atoms with Crippen LogP contribution in [-0.4, -0.2) is 105 Å². The van der Waals surface area contributed by atoms with Gasteiger partial charge in [0.05, 0.1) is 18.9 Å². The molecular weight excluding hydrogens is 794 g/mol. The highest BCUT2D eigenvalue weighted by atomic mass is 16.4. The zero-order valence-electron chi connectivity index (χ0n) is 36.6. The molecule has 19 nitrogen and oxygen atoms in total. The number of carbonyl (C=O) groups excluding carboxylic acids is 8. The molecule has 340 valence electrons. The standard InChI is InChI=1S/C42H65N7O12/c1-10-11-17-26(33(55)35(43)56)45-36(57)27(20-23(2)3)46-39(60)34(41(6,7)8)48-40(61)42(9,22-25-15-13-12-14-16-25)49-38(59)32(24(4)5)47-37(58)28(21-31(53)54)44-29(50)18-19-30(51)52/h12-16,23-24,26-28,32,34H,10-11,17-22H2,1-9H3,(H2,43,56)(H,44,50)(H,45,57)(H,46,60)(H,47,58)(H,48,61)(H,49,59)(H,51,52)(H,53,54)/t26-,27-,28-,32+,34+,42-/m0/s1. The third-order valence-corrected chi connectivity index (χ3v) is 9.61. The average molecular weight is 860 g/mol. The third kappa shape index (κ3) is 18.5. The van der Waals surface area contributed by atoms with E-state index < -0.39 is 125 Å². The lowest BCUT2D eigenvalue weighted by atomic mass is 9.84. The van der Waals surface area contributed by atoms with E-state index in [4.69, 9.17) is 10.8 Å². The second-order valence-corrected chi connectivity index (χ2v) is 17.2. The molecular formula is C42H65N7O12. The van der Waals surface area contributed by atoms with Gasteiger partial charge in [-0.15, -0.1) is 0 Å². The Hall–Kier alpha value is -5.88. The summed E-state index contributed by atoms with van der Waals surface area (Å²) in [5.74, 6) is -10.8. The normalized spacial score (nSPS) is 14.8. The molecule has 0 fully saturated rings. The molecule has 6 atom stereocenters. The fourth-order valence-corrected chi connectivity index (χ4v) is 6.24. The first-order chi connectivity index (χ1) is 28.2. The van der Waals surface area contributed by atoms with Gasteiger partial charge in [0.15, 0.2) is 0 Å². The second kappa shape index (κ2) is 24.4. The number of nitrogens with two attached hydrogens (primary N) is 1. The number of unbranched alkanes of at least 4 members (excludes halogenated alkanes) is 1. The van der Waals surface area contributed by atoms with Gasteiger partial charge in [-0.25, -0.2) is 0 Å². The van der Waals surface area contributed by atoms with Gasteiger partial charge in [0.1, 0.15) is 29.7 Å². The maximum Gasteiger partial charge on any atom is 0.305 e. The fraction of sp³-hybridized carbons (Fsp3) is 0.619. The molecule has 61 heavy (non-hydrogen) atoms. The van der Waals surface area contributed by atoms with Gasteiger partial charge < -0.3 is 47.8 Å². The van der Waals surface area contributed by atoms with Crippen LogP contribution >= 0.6 is 0 Å². The lowest BCUT2D eigenvalue weighted by Crippen LogP contribution is -2.67. The summed E-state index contributed by atoms with van der Waals surface area (Å²) in [5.41, 5.74) is 3.03. The molecule has 0 bridgehead atoms. The van der Waals surface area contributed by atoms with Crippen LogP contribution in [0.1, 0.15) is 113 Å².